The van der Waals surface area contributed by atoms with Crippen LogP contribution in [0.25, 0.3) is 0 Å². The van der Waals surface area contributed by atoms with E-state index in [1.54, 1.807) is 0 Å². The Labute approximate surface area is 215 Å². The van der Waals surface area contributed by atoms with Gasteiger partial charge in [0.25, 0.3) is 0 Å². The third-order valence-electron chi connectivity index (χ3n) is 6.21. The van der Waals surface area contributed by atoms with E-state index in [1.165, 1.54) is 17.9 Å². The minimum Gasteiger partial charge on any atom is -0.476 e. The molecule has 36 heavy (non-hydrogen) atoms. The highest BCUT2D eigenvalue weighted by molar-refractivity contribution is 5.81. The first-order chi connectivity index (χ1) is 17.6. The third kappa shape index (κ3) is 8.81. The molecule has 0 amide bonds. The molecule has 1 fully saturated rings. The van der Waals surface area contributed by atoms with Gasteiger partial charge >= 0.3 is 5.97 Å². The van der Waals surface area contributed by atoms with Gasteiger partial charge in [-0.2, -0.15) is 0 Å². The molecule has 0 atom stereocenters. The maximum absolute atomic E-state index is 11.2. The average molecular weight is 483 g/mol. The van der Waals surface area contributed by atoms with E-state index in [0.29, 0.717) is 25.0 Å². The van der Waals surface area contributed by atoms with Gasteiger partial charge in [0.05, 0.1) is 19.5 Å². The Kier molecular flexibility index (Phi) is 10.9. The van der Waals surface area contributed by atoms with Gasteiger partial charge in [-0.15, -0.1) is 0 Å². The molecule has 0 N–H and O–H groups in total. The molecular formula is C32H34O4. The Morgan fingerprint density at radius 2 is 1.75 bits per heavy atom. The quantitative estimate of drug-likeness (QED) is 0.107. The van der Waals surface area contributed by atoms with Crippen molar-refractivity contribution in [1.29, 1.82) is 0 Å². The van der Waals surface area contributed by atoms with Gasteiger partial charge in [-0.25, -0.2) is 4.79 Å². The Hall–Kier alpha value is -3.73. The normalized spacial score (nSPS) is 16.5. The van der Waals surface area contributed by atoms with Gasteiger partial charge in [0.1, 0.15) is 0 Å². The van der Waals surface area contributed by atoms with Crippen LogP contribution in [0.2, 0.25) is 0 Å². The largest absolute Gasteiger partial charge is 0.476 e. The summed E-state index contributed by atoms with van der Waals surface area (Å²) in [6, 6.07) is 14.3. The van der Waals surface area contributed by atoms with Crippen molar-refractivity contribution in [3.05, 3.63) is 95.8 Å². The summed E-state index contributed by atoms with van der Waals surface area (Å²) in [6.07, 6.45) is 7.64. The summed E-state index contributed by atoms with van der Waals surface area (Å²) in [6.45, 7) is 10.2. The van der Waals surface area contributed by atoms with Crippen molar-refractivity contribution in [3.63, 3.8) is 0 Å². The maximum Gasteiger partial charge on any atom is 0.330 e. The van der Waals surface area contributed by atoms with E-state index in [2.05, 4.69) is 62.0 Å². The molecule has 1 aliphatic rings. The molecule has 0 saturated heterocycles. The van der Waals surface area contributed by atoms with E-state index in [9.17, 15) is 4.79 Å². The van der Waals surface area contributed by atoms with E-state index in [1.807, 2.05) is 24.3 Å². The molecule has 1 aliphatic carbocycles. The summed E-state index contributed by atoms with van der Waals surface area (Å²) in [5.41, 5.74) is 5.29. The van der Waals surface area contributed by atoms with Crippen LogP contribution in [0.4, 0.5) is 0 Å². The fourth-order valence-electron chi connectivity index (χ4n) is 4.08. The molecule has 0 radical (unpaired) electrons. The molecule has 0 unspecified atom stereocenters. The van der Waals surface area contributed by atoms with Crippen molar-refractivity contribution in [2.45, 2.75) is 45.6 Å². The Balaban J connectivity index is 1.55. The predicted molar refractivity (Wildman–Crippen MR) is 143 cm³/mol. The predicted octanol–water partition coefficient (Wildman–Crippen LogP) is 6.17. The first kappa shape index (κ1) is 26.9. The van der Waals surface area contributed by atoms with Crippen LogP contribution in [0.5, 0.6) is 0 Å². The third-order valence-corrected chi connectivity index (χ3v) is 6.21. The van der Waals surface area contributed by atoms with Crippen LogP contribution < -0.4 is 0 Å². The zero-order valence-corrected chi connectivity index (χ0v) is 21.1. The molecule has 0 aromatic heterocycles. The second-order valence-electron chi connectivity index (χ2n) is 8.79. The first-order valence-electron chi connectivity index (χ1n) is 12.5. The molecule has 2 aromatic carbocycles. The zero-order valence-electron chi connectivity index (χ0n) is 21.1. The second-order valence-corrected chi connectivity index (χ2v) is 8.79. The van der Waals surface area contributed by atoms with E-state index < -0.39 is 0 Å². The monoisotopic (exact) mass is 482 g/mol. The SMILES string of the molecule is C=COCOCc1ccc(C#Cc2ccc(C#CC3CCC(COC(=O)C=C)CC3)cc2CC)cc1. The van der Waals surface area contributed by atoms with Gasteiger partial charge in [0, 0.05) is 28.7 Å². The van der Waals surface area contributed by atoms with Crippen LogP contribution in [-0.2, 0) is 32.0 Å². The summed E-state index contributed by atoms with van der Waals surface area (Å²) in [7, 11) is 0. The van der Waals surface area contributed by atoms with E-state index >= 15 is 0 Å². The Morgan fingerprint density at radius 1 is 1.00 bits per heavy atom. The van der Waals surface area contributed by atoms with Crippen molar-refractivity contribution in [3.8, 4) is 23.7 Å². The molecule has 186 valence electrons. The lowest BCUT2D eigenvalue weighted by Crippen LogP contribution is -2.19. The number of aryl methyl sites for hydroxylation is 1. The van der Waals surface area contributed by atoms with Gasteiger partial charge in [-0.3, -0.25) is 0 Å². The molecule has 0 heterocycles. The van der Waals surface area contributed by atoms with E-state index in [-0.39, 0.29) is 12.8 Å². The van der Waals surface area contributed by atoms with E-state index in [0.717, 1.165) is 54.4 Å². The molecule has 4 nitrogen and oxygen atoms in total. The molecule has 3 rings (SSSR count). The van der Waals surface area contributed by atoms with Crippen LogP contribution in [0.1, 0.15) is 60.4 Å². The van der Waals surface area contributed by atoms with Crippen LogP contribution in [-0.4, -0.2) is 19.4 Å². The Morgan fingerprint density at radius 3 is 2.44 bits per heavy atom. The molecular weight excluding hydrogens is 448 g/mol. The van der Waals surface area contributed by atoms with Gasteiger partial charge < -0.3 is 14.2 Å². The van der Waals surface area contributed by atoms with Crippen molar-refractivity contribution < 1.29 is 19.0 Å². The lowest BCUT2D eigenvalue weighted by atomic mass is 9.82. The topological polar surface area (TPSA) is 44.8 Å². The fraction of sp³-hybridized carbons (Fsp3) is 0.344. The van der Waals surface area contributed by atoms with Crippen LogP contribution in [0.15, 0.2) is 68.0 Å². The highest BCUT2D eigenvalue weighted by Gasteiger charge is 2.20. The van der Waals surface area contributed by atoms with Gasteiger partial charge in [-0.1, -0.05) is 55.9 Å². The molecule has 2 aromatic rings. The molecule has 0 aliphatic heterocycles. The van der Waals surface area contributed by atoms with Gasteiger partial charge in [0.15, 0.2) is 6.79 Å². The van der Waals surface area contributed by atoms with Crippen LogP contribution in [0.3, 0.4) is 0 Å². The number of rotatable bonds is 9. The van der Waals surface area contributed by atoms with Crippen molar-refractivity contribution >= 4 is 5.97 Å². The number of hydrogen-bond acceptors (Lipinski definition) is 4. The van der Waals surface area contributed by atoms with Gasteiger partial charge in [-0.05, 0) is 79.5 Å². The highest BCUT2D eigenvalue weighted by atomic mass is 16.7. The summed E-state index contributed by atoms with van der Waals surface area (Å²) in [5, 5.41) is 0. The number of esters is 1. The minimum absolute atomic E-state index is 0.196. The molecule has 1 saturated carbocycles. The highest BCUT2D eigenvalue weighted by Crippen LogP contribution is 2.28. The van der Waals surface area contributed by atoms with Crippen molar-refractivity contribution in [2.75, 3.05) is 13.4 Å². The minimum atomic E-state index is -0.341. The second kappa shape index (κ2) is 14.6. The summed E-state index contributed by atoms with van der Waals surface area (Å²) in [5.74, 6) is 13.9. The summed E-state index contributed by atoms with van der Waals surface area (Å²) >= 11 is 0. The molecule has 0 spiro atoms. The number of hydrogen-bond donors (Lipinski definition) is 0. The lowest BCUT2D eigenvalue weighted by Gasteiger charge is -2.25. The summed E-state index contributed by atoms with van der Waals surface area (Å²) in [4.78, 5) is 11.2. The van der Waals surface area contributed by atoms with Crippen molar-refractivity contribution in [2.24, 2.45) is 11.8 Å². The Bertz CT molecular complexity index is 1150. The molecule has 4 heteroatoms. The maximum atomic E-state index is 11.2. The lowest BCUT2D eigenvalue weighted by molar-refractivity contribution is -0.139. The van der Waals surface area contributed by atoms with Crippen LogP contribution in [0, 0.1) is 35.5 Å². The van der Waals surface area contributed by atoms with Gasteiger partial charge in [0.2, 0.25) is 0 Å². The van der Waals surface area contributed by atoms with E-state index in [4.69, 9.17) is 14.2 Å². The standard InChI is InChI=1S/C32H34O4/c1-4-30-21-27(12-7-25-10-15-29(16-11-25)23-36-32(33)5-2)18-20-31(30)19-17-26-8-13-28(14-9-26)22-35-24-34-6-3/h5-6,8-9,13-14,18,20-21,25,29H,2-4,10-11,15-16,22-24H2,1H3. The zero-order chi connectivity index (χ0) is 25.6. The molecule has 0 bridgehead atoms. The number of carbonyl (C=O) groups excluding carboxylic acids is 1. The first-order valence-corrected chi connectivity index (χ1v) is 12.5. The smallest absolute Gasteiger partial charge is 0.330 e. The average Bonchev–Trinajstić information content (AvgIpc) is 2.93. The number of ether oxygens (including phenoxy) is 3. The van der Waals surface area contributed by atoms with Crippen LogP contribution >= 0.6 is 0 Å². The summed E-state index contributed by atoms with van der Waals surface area (Å²) < 4.78 is 15.5. The number of carbonyl (C=O) groups is 1. The fourth-order valence-corrected chi connectivity index (χ4v) is 4.08. The van der Waals surface area contributed by atoms with Crippen molar-refractivity contribution in [1.82, 2.24) is 0 Å². The number of benzene rings is 2.